The molecule has 1 amide bonds. The maximum absolute atomic E-state index is 11.9. The molecule has 8 heteroatoms. The molecule has 7 nitrogen and oxygen atoms in total. The highest BCUT2D eigenvalue weighted by atomic mass is 127. The first kappa shape index (κ1) is 24.3. The number of hydrogen-bond acceptors (Lipinski definition) is 4. The number of benzene rings is 1. The first-order valence-corrected chi connectivity index (χ1v) is 9.57. The summed E-state index contributed by atoms with van der Waals surface area (Å²) in [5.41, 5.74) is 1.07. The third-order valence-corrected chi connectivity index (χ3v) is 4.92. The lowest BCUT2D eigenvalue weighted by Gasteiger charge is -2.27. The molecule has 2 rings (SSSR count). The summed E-state index contributed by atoms with van der Waals surface area (Å²) in [6.07, 6.45) is 3.57. The van der Waals surface area contributed by atoms with Crippen LogP contribution in [0.2, 0.25) is 0 Å². The Balaban J connectivity index is 0.00000392. The van der Waals surface area contributed by atoms with E-state index in [1.54, 1.807) is 21.3 Å². The quantitative estimate of drug-likeness (QED) is 0.308. The van der Waals surface area contributed by atoms with Crippen LogP contribution in [-0.2, 0) is 11.3 Å². The molecule has 1 aliphatic rings. The van der Waals surface area contributed by atoms with Crippen LogP contribution in [0.3, 0.4) is 0 Å². The van der Waals surface area contributed by atoms with Crippen LogP contribution < -0.4 is 20.1 Å². The van der Waals surface area contributed by atoms with Crippen molar-refractivity contribution in [2.75, 3.05) is 34.4 Å². The van der Waals surface area contributed by atoms with E-state index < -0.39 is 0 Å². The summed E-state index contributed by atoms with van der Waals surface area (Å²) in [5.74, 6) is 2.46. The molecule has 1 atom stereocenters. The van der Waals surface area contributed by atoms with E-state index in [4.69, 9.17) is 9.47 Å². The number of guanidine groups is 1. The molecule has 28 heavy (non-hydrogen) atoms. The lowest BCUT2D eigenvalue weighted by molar-refractivity contribution is -0.129. The second kappa shape index (κ2) is 12.7. The van der Waals surface area contributed by atoms with E-state index in [2.05, 4.69) is 22.5 Å². The van der Waals surface area contributed by atoms with E-state index in [0.717, 1.165) is 43.9 Å². The average Bonchev–Trinajstić information content (AvgIpc) is 3.13. The molecule has 0 saturated carbocycles. The Morgan fingerprint density at radius 3 is 2.57 bits per heavy atom. The molecule has 0 radical (unpaired) electrons. The lowest BCUT2D eigenvalue weighted by Crippen LogP contribution is -2.41. The van der Waals surface area contributed by atoms with Gasteiger partial charge in [-0.15, -0.1) is 24.0 Å². The number of aliphatic imine (C=N–C) groups is 1. The SMILES string of the molecule is CCC(CCNC(=NC)NCc1ccc(OC)c(OC)c1)N1CCCC1=O.I. The topological polar surface area (TPSA) is 75.2 Å². The maximum Gasteiger partial charge on any atom is 0.222 e. The summed E-state index contributed by atoms with van der Waals surface area (Å²) in [6.45, 7) is 4.43. The Morgan fingerprint density at radius 1 is 1.25 bits per heavy atom. The van der Waals surface area contributed by atoms with E-state index in [1.165, 1.54) is 0 Å². The Labute approximate surface area is 185 Å². The second-order valence-corrected chi connectivity index (χ2v) is 6.58. The molecule has 0 aliphatic carbocycles. The van der Waals surface area contributed by atoms with Gasteiger partial charge in [-0.25, -0.2) is 0 Å². The fourth-order valence-corrected chi connectivity index (χ4v) is 3.39. The maximum atomic E-state index is 11.9. The number of methoxy groups -OCH3 is 2. The van der Waals surface area contributed by atoms with Gasteiger partial charge in [0.05, 0.1) is 14.2 Å². The summed E-state index contributed by atoms with van der Waals surface area (Å²) in [5, 5.41) is 6.65. The second-order valence-electron chi connectivity index (χ2n) is 6.58. The van der Waals surface area contributed by atoms with Crippen molar-refractivity contribution in [2.45, 2.75) is 45.2 Å². The number of carbonyl (C=O) groups excluding carboxylic acids is 1. The van der Waals surface area contributed by atoms with Gasteiger partial charge in [-0.05, 0) is 37.0 Å². The molecule has 1 aromatic carbocycles. The summed E-state index contributed by atoms with van der Waals surface area (Å²) in [7, 11) is 5.01. The van der Waals surface area contributed by atoms with Crippen molar-refractivity contribution in [3.8, 4) is 11.5 Å². The highest BCUT2D eigenvalue weighted by Crippen LogP contribution is 2.27. The van der Waals surface area contributed by atoms with Crippen LogP contribution in [0.15, 0.2) is 23.2 Å². The number of amides is 1. The summed E-state index contributed by atoms with van der Waals surface area (Å²) in [4.78, 5) is 18.2. The molecule has 0 aromatic heterocycles. The normalized spacial score (nSPS) is 15.1. The number of rotatable bonds is 9. The van der Waals surface area contributed by atoms with Gasteiger partial charge in [0.15, 0.2) is 17.5 Å². The standard InChI is InChI=1S/C20H32N4O3.HI/c1-5-16(24-12-6-7-19(24)25)10-11-22-20(21-2)23-14-15-8-9-17(26-3)18(13-15)27-4;/h8-9,13,16H,5-7,10-12,14H2,1-4H3,(H2,21,22,23);1H. The van der Waals surface area contributed by atoms with Gasteiger partial charge in [0.1, 0.15) is 0 Å². The zero-order valence-electron chi connectivity index (χ0n) is 17.3. The van der Waals surface area contributed by atoms with Gasteiger partial charge in [-0.2, -0.15) is 0 Å². The van der Waals surface area contributed by atoms with E-state index in [9.17, 15) is 4.79 Å². The first-order valence-electron chi connectivity index (χ1n) is 9.57. The molecule has 1 heterocycles. The molecule has 2 N–H and O–H groups in total. The Kier molecular flexibility index (Phi) is 11.0. The van der Waals surface area contributed by atoms with Crippen molar-refractivity contribution in [1.29, 1.82) is 0 Å². The third kappa shape index (κ3) is 6.72. The van der Waals surface area contributed by atoms with Crippen LogP contribution in [-0.4, -0.2) is 57.2 Å². The number of nitrogens with zero attached hydrogens (tertiary/aromatic N) is 2. The van der Waals surface area contributed by atoms with Crippen LogP contribution in [0, 0.1) is 0 Å². The van der Waals surface area contributed by atoms with Crippen LogP contribution in [0.5, 0.6) is 11.5 Å². The predicted octanol–water partition coefficient (Wildman–Crippen LogP) is 2.78. The van der Waals surface area contributed by atoms with Crippen molar-refractivity contribution in [2.24, 2.45) is 4.99 Å². The third-order valence-electron chi connectivity index (χ3n) is 4.92. The highest BCUT2D eigenvalue weighted by Gasteiger charge is 2.26. The number of hydrogen-bond donors (Lipinski definition) is 2. The van der Waals surface area contributed by atoms with E-state index >= 15 is 0 Å². The van der Waals surface area contributed by atoms with Crippen molar-refractivity contribution in [1.82, 2.24) is 15.5 Å². The molecule has 1 fully saturated rings. The summed E-state index contributed by atoms with van der Waals surface area (Å²) >= 11 is 0. The Bertz CT molecular complexity index is 654. The monoisotopic (exact) mass is 504 g/mol. The summed E-state index contributed by atoms with van der Waals surface area (Å²) < 4.78 is 10.6. The number of halogens is 1. The smallest absolute Gasteiger partial charge is 0.222 e. The van der Waals surface area contributed by atoms with Gasteiger partial charge in [-0.3, -0.25) is 9.79 Å². The molecular formula is C20H33IN4O3. The number of ether oxygens (including phenoxy) is 2. The fraction of sp³-hybridized carbons (Fsp3) is 0.600. The minimum absolute atomic E-state index is 0. The van der Waals surface area contributed by atoms with Gasteiger partial charge >= 0.3 is 0 Å². The summed E-state index contributed by atoms with van der Waals surface area (Å²) in [6, 6.07) is 6.14. The highest BCUT2D eigenvalue weighted by molar-refractivity contribution is 14.0. The van der Waals surface area contributed by atoms with Crippen molar-refractivity contribution >= 4 is 35.8 Å². The molecule has 1 aromatic rings. The zero-order chi connectivity index (χ0) is 19.6. The number of nitrogens with one attached hydrogen (secondary N) is 2. The molecule has 158 valence electrons. The lowest BCUT2D eigenvalue weighted by atomic mass is 10.1. The molecular weight excluding hydrogens is 471 g/mol. The van der Waals surface area contributed by atoms with Gasteiger partial charge in [0.25, 0.3) is 0 Å². The molecule has 1 saturated heterocycles. The minimum Gasteiger partial charge on any atom is -0.493 e. The van der Waals surface area contributed by atoms with E-state index in [-0.39, 0.29) is 29.9 Å². The Hall–Kier alpha value is -1.71. The van der Waals surface area contributed by atoms with Gasteiger partial charge in [0, 0.05) is 39.1 Å². The van der Waals surface area contributed by atoms with Crippen molar-refractivity contribution < 1.29 is 14.3 Å². The van der Waals surface area contributed by atoms with Crippen LogP contribution >= 0.6 is 24.0 Å². The largest absolute Gasteiger partial charge is 0.493 e. The van der Waals surface area contributed by atoms with Crippen molar-refractivity contribution in [3.05, 3.63) is 23.8 Å². The minimum atomic E-state index is 0. The van der Waals surface area contributed by atoms with Crippen LogP contribution in [0.4, 0.5) is 0 Å². The van der Waals surface area contributed by atoms with E-state index in [0.29, 0.717) is 30.5 Å². The first-order chi connectivity index (χ1) is 13.1. The molecule has 1 aliphatic heterocycles. The van der Waals surface area contributed by atoms with Gasteiger partial charge in [-0.1, -0.05) is 13.0 Å². The number of likely N-dealkylation sites (tertiary alicyclic amines) is 1. The Morgan fingerprint density at radius 2 is 2.00 bits per heavy atom. The molecule has 0 bridgehead atoms. The van der Waals surface area contributed by atoms with Crippen LogP contribution in [0.1, 0.15) is 38.2 Å². The zero-order valence-corrected chi connectivity index (χ0v) is 19.6. The van der Waals surface area contributed by atoms with Crippen molar-refractivity contribution in [3.63, 3.8) is 0 Å². The fourth-order valence-electron chi connectivity index (χ4n) is 3.39. The molecule has 1 unspecified atom stereocenters. The van der Waals surface area contributed by atoms with Crippen LogP contribution in [0.25, 0.3) is 0 Å². The molecule has 0 spiro atoms. The number of carbonyl (C=O) groups is 1. The van der Waals surface area contributed by atoms with Gasteiger partial charge < -0.3 is 25.0 Å². The average molecular weight is 504 g/mol. The van der Waals surface area contributed by atoms with Gasteiger partial charge in [0.2, 0.25) is 5.91 Å². The predicted molar refractivity (Wildman–Crippen MR) is 123 cm³/mol. The van der Waals surface area contributed by atoms with E-state index in [1.807, 2.05) is 23.1 Å².